The molecule has 1 rings (SSSR count). The summed E-state index contributed by atoms with van der Waals surface area (Å²) in [4.78, 5) is 0. The molecule has 0 radical (unpaired) electrons. The summed E-state index contributed by atoms with van der Waals surface area (Å²) in [7, 11) is 1.71. The molecule has 0 aromatic rings. The van der Waals surface area contributed by atoms with E-state index in [0.29, 0.717) is 5.92 Å². The Balaban J connectivity index is 2.16. The lowest BCUT2D eigenvalue weighted by Crippen LogP contribution is -2.28. The Kier molecular flexibility index (Phi) is 5.45. The van der Waals surface area contributed by atoms with Crippen LogP contribution >= 0.6 is 0 Å². The van der Waals surface area contributed by atoms with Gasteiger partial charge in [0, 0.05) is 20.3 Å². The van der Waals surface area contributed by atoms with Gasteiger partial charge in [0.2, 0.25) is 0 Å². The third-order valence-electron chi connectivity index (χ3n) is 3.08. The number of rotatable bonds is 5. The number of ether oxygens (including phenoxy) is 2. The fourth-order valence-corrected chi connectivity index (χ4v) is 1.86. The molecule has 2 unspecified atom stereocenters. The fraction of sp³-hybridized carbons (Fsp3) is 1.00. The molecule has 0 spiro atoms. The van der Waals surface area contributed by atoms with Gasteiger partial charge in [0.15, 0.2) is 0 Å². The highest BCUT2D eigenvalue weighted by atomic mass is 16.5. The van der Waals surface area contributed by atoms with Crippen LogP contribution in [0.1, 0.15) is 32.6 Å². The fourth-order valence-electron chi connectivity index (χ4n) is 1.86. The Hall–Kier alpha value is -0.120. The SMILES string of the molecule is COC(C)CCC(O)C1CCOCC1. The molecular formula is C11H22O3. The predicted octanol–water partition coefficient (Wildman–Crippen LogP) is 1.59. The molecule has 1 heterocycles. The number of hydrogen-bond acceptors (Lipinski definition) is 3. The van der Waals surface area contributed by atoms with E-state index in [1.165, 1.54) is 0 Å². The van der Waals surface area contributed by atoms with Crippen LogP contribution in [0.3, 0.4) is 0 Å². The van der Waals surface area contributed by atoms with Crippen LogP contribution in [0.4, 0.5) is 0 Å². The van der Waals surface area contributed by atoms with Crippen LogP contribution in [0.15, 0.2) is 0 Å². The summed E-state index contributed by atoms with van der Waals surface area (Å²) < 4.78 is 10.4. The summed E-state index contributed by atoms with van der Waals surface area (Å²) in [5.41, 5.74) is 0. The third-order valence-corrected chi connectivity index (χ3v) is 3.08. The van der Waals surface area contributed by atoms with Crippen molar-refractivity contribution in [3.8, 4) is 0 Å². The molecular weight excluding hydrogens is 180 g/mol. The van der Waals surface area contributed by atoms with Crippen molar-refractivity contribution in [3.05, 3.63) is 0 Å². The van der Waals surface area contributed by atoms with Crippen molar-refractivity contribution in [2.24, 2.45) is 5.92 Å². The second-order valence-electron chi connectivity index (χ2n) is 4.14. The molecule has 1 aliphatic rings. The first-order valence-electron chi connectivity index (χ1n) is 5.52. The van der Waals surface area contributed by atoms with E-state index in [1.54, 1.807) is 7.11 Å². The first-order chi connectivity index (χ1) is 6.74. The van der Waals surface area contributed by atoms with E-state index in [2.05, 4.69) is 0 Å². The molecule has 2 atom stereocenters. The van der Waals surface area contributed by atoms with Gasteiger partial charge in [-0.15, -0.1) is 0 Å². The van der Waals surface area contributed by atoms with Gasteiger partial charge >= 0.3 is 0 Å². The van der Waals surface area contributed by atoms with E-state index in [-0.39, 0.29) is 12.2 Å². The van der Waals surface area contributed by atoms with Crippen molar-refractivity contribution in [1.29, 1.82) is 0 Å². The summed E-state index contributed by atoms with van der Waals surface area (Å²) >= 11 is 0. The van der Waals surface area contributed by atoms with Crippen LogP contribution in [0.2, 0.25) is 0 Å². The minimum absolute atomic E-state index is 0.170. The van der Waals surface area contributed by atoms with E-state index in [9.17, 15) is 5.11 Å². The zero-order valence-corrected chi connectivity index (χ0v) is 9.24. The maximum atomic E-state index is 9.91. The Morgan fingerprint density at radius 2 is 2.00 bits per heavy atom. The summed E-state index contributed by atoms with van der Waals surface area (Å²) in [5.74, 6) is 0.438. The molecule has 0 amide bonds. The molecule has 0 aromatic carbocycles. The van der Waals surface area contributed by atoms with Crippen molar-refractivity contribution in [2.45, 2.75) is 44.8 Å². The Bertz CT molecular complexity index is 143. The molecule has 0 bridgehead atoms. The maximum absolute atomic E-state index is 9.91. The Morgan fingerprint density at radius 1 is 1.36 bits per heavy atom. The second kappa shape index (κ2) is 6.38. The van der Waals surface area contributed by atoms with Gasteiger partial charge in [-0.2, -0.15) is 0 Å². The molecule has 1 saturated heterocycles. The molecule has 1 aliphatic heterocycles. The number of aliphatic hydroxyl groups is 1. The van der Waals surface area contributed by atoms with Gasteiger partial charge in [-0.05, 0) is 38.5 Å². The van der Waals surface area contributed by atoms with Crippen molar-refractivity contribution < 1.29 is 14.6 Å². The van der Waals surface area contributed by atoms with Gasteiger partial charge in [0.25, 0.3) is 0 Å². The first kappa shape index (κ1) is 12.0. The Labute approximate surface area is 86.4 Å². The standard InChI is InChI=1S/C11H22O3/c1-9(13-2)3-4-11(12)10-5-7-14-8-6-10/h9-12H,3-8H2,1-2H3. The largest absolute Gasteiger partial charge is 0.393 e. The topological polar surface area (TPSA) is 38.7 Å². The number of aliphatic hydroxyl groups excluding tert-OH is 1. The van der Waals surface area contributed by atoms with Gasteiger partial charge in [-0.25, -0.2) is 0 Å². The van der Waals surface area contributed by atoms with E-state index in [4.69, 9.17) is 9.47 Å². The summed E-state index contributed by atoms with van der Waals surface area (Å²) in [5, 5.41) is 9.91. The molecule has 3 heteroatoms. The van der Waals surface area contributed by atoms with Crippen LogP contribution < -0.4 is 0 Å². The summed E-state index contributed by atoms with van der Waals surface area (Å²) in [6.07, 6.45) is 3.88. The molecule has 14 heavy (non-hydrogen) atoms. The predicted molar refractivity (Wildman–Crippen MR) is 55.3 cm³/mol. The lowest BCUT2D eigenvalue weighted by Gasteiger charge is -2.27. The average Bonchev–Trinajstić information content (AvgIpc) is 2.26. The lowest BCUT2D eigenvalue weighted by atomic mass is 9.90. The lowest BCUT2D eigenvalue weighted by molar-refractivity contribution is -0.00225. The molecule has 0 saturated carbocycles. The van der Waals surface area contributed by atoms with Crippen LogP contribution in [-0.4, -0.2) is 37.6 Å². The highest BCUT2D eigenvalue weighted by Gasteiger charge is 2.22. The minimum atomic E-state index is -0.170. The van der Waals surface area contributed by atoms with Gasteiger partial charge in [0.1, 0.15) is 0 Å². The molecule has 84 valence electrons. The number of hydrogen-bond donors (Lipinski definition) is 1. The van der Waals surface area contributed by atoms with Crippen LogP contribution in [-0.2, 0) is 9.47 Å². The highest BCUT2D eigenvalue weighted by molar-refractivity contribution is 4.72. The third kappa shape index (κ3) is 3.95. The van der Waals surface area contributed by atoms with E-state index in [0.717, 1.165) is 38.9 Å². The molecule has 1 N–H and O–H groups in total. The zero-order valence-electron chi connectivity index (χ0n) is 9.24. The average molecular weight is 202 g/mol. The van der Waals surface area contributed by atoms with Crippen molar-refractivity contribution in [1.82, 2.24) is 0 Å². The minimum Gasteiger partial charge on any atom is -0.393 e. The van der Waals surface area contributed by atoms with Crippen molar-refractivity contribution in [3.63, 3.8) is 0 Å². The van der Waals surface area contributed by atoms with Gasteiger partial charge in [-0.1, -0.05) is 0 Å². The van der Waals surface area contributed by atoms with Gasteiger partial charge in [0.05, 0.1) is 12.2 Å². The van der Waals surface area contributed by atoms with E-state index < -0.39 is 0 Å². The summed E-state index contributed by atoms with van der Waals surface area (Å²) in [6.45, 7) is 3.65. The van der Waals surface area contributed by atoms with Crippen LogP contribution in [0, 0.1) is 5.92 Å². The maximum Gasteiger partial charge on any atom is 0.0571 e. The van der Waals surface area contributed by atoms with E-state index >= 15 is 0 Å². The monoisotopic (exact) mass is 202 g/mol. The first-order valence-corrected chi connectivity index (χ1v) is 5.52. The summed E-state index contributed by atoms with van der Waals surface area (Å²) in [6, 6.07) is 0. The van der Waals surface area contributed by atoms with Crippen molar-refractivity contribution in [2.75, 3.05) is 20.3 Å². The zero-order chi connectivity index (χ0) is 10.4. The Morgan fingerprint density at radius 3 is 2.57 bits per heavy atom. The molecule has 3 nitrogen and oxygen atoms in total. The van der Waals surface area contributed by atoms with Gasteiger partial charge in [-0.3, -0.25) is 0 Å². The quantitative estimate of drug-likeness (QED) is 0.735. The highest BCUT2D eigenvalue weighted by Crippen LogP contribution is 2.22. The second-order valence-corrected chi connectivity index (χ2v) is 4.14. The van der Waals surface area contributed by atoms with Crippen molar-refractivity contribution >= 4 is 0 Å². The molecule has 1 fully saturated rings. The van der Waals surface area contributed by atoms with Gasteiger partial charge < -0.3 is 14.6 Å². The smallest absolute Gasteiger partial charge is 0.0571 e. The van der Waals surface area contributed by atoms with Crippen LogP contribution in [0.5, 0.6) is 0 Å². The number of methoxy groups -OCH3 is 1. The van der Waals surface area contributed by atoms with Crippen LogP contribution in [0.25, 0.3) is 0 Å². The molecule has 0 aromatic heterocycles. The molecule has 0 aliphatic carbocycles. The van der Waals surface area contributed by atoms with E-state index in [1.807, 2.05) is 6.92 Å². The normalized spacial score (nSPS) is 23.4.